The Morgan fingerprint density at radius 1 is 1.53 bits per heavy atom. The highest BCUT2D eigenvalue weighted by Crippen LogP contribution is 2.16. The smallest absolute Gasteiger partial charge is 0.256 e. The molecule has 0 spiro atoms. The van der Waals surface area contributed by atoms with Crippen LogP contribution in [0.25, 0.3) is 0 Å². The number of rotatable bonds is 5. The molecule has 0 fully saturated rings. The van der Waals surface area contributed by atoms with Gasteiger partial charge in [-0.15, -0.1) is 0 Å². The standard InChI is InChI=1S/C12H16FNO3/c1-14(6-3-7-17-2)12(16)10-5-4-9(15)8-11(10)13/h4-5,8,15H,3,6-7H2,1-2H3. The van der Waals surface area contributed by atoms with E-state index >= 15 is 0 Å². The highest BCUT2D eigenvalue weighted by Gasteiger charge is 2.16. The van der Waals surface area contributed by atoms with E-state index in [0.717, 1.165) is 6.07 Å². The quantitative estimate of drug-likeness (QED) is 0.797. The van der Waals surface area contributed by atoms with Crippen molar-refractivity contribution in [3.8, 4) is 5.75 Å². The molecule has 0 aliphatic carbocycles. The van der Waals surface area contributed by atoms with Crippen LogP contribution in [0.15, 0.2) is 18.2 Å². The van der Waals surface area contributed by atoms with E-state index in [0.29, 0.717) is 19.6 Å². The van der Waals surface area contributed by atoms with Crippen molar-refractivity contribution < 1.29 is 19.0 Å². The minimum absolute atomic E-state index is 0.0392. The van der Waals surface area contributed by atoms with E-state index in [2.05, 4.69) is 0 Å². The zero-order valence-electron chi connectivity index (χ0n) is 9.94. The summed E-state index contributed by atoms with van der Waals surface area (Å²) in [5, 5.41) is 9.05. The first-order chi connectivity index (χ1) is 8.06. The third kappa shape index (κ3) is 3.71. The van der Waals surface area contributed by atoms with E-state index < -0.39 is 11.7 Å². The number of phenolic OH excluding ortho intramolecular Hbond substituents is 1. The van der Waals surface area contributed by atoms with Crippen LogP contribution in [0.4, 0.5) is 4.39 Å². The Kier molecular flexibility index (Phi) is 4.90. The molecule has 0 aliphatic rings. The monoisotopic (exact) mass is 241 g/mol. The lowest BCUT2D eigenvalue weighted by atomic mass is 10.1. The number of benzene rings is 1. The molecule has 1 aromatic rings. The average molecular weight is 241 g/mol. The summed E-state index contributed by atoms with van der Waals surface area (Å²) in [5.74, 6) is -1.31. The van der Waals surface area contributed by atoms with Crippen LogP contribution in [-0.4, -0.2) is 43.2 Å². The van der Waals surface area contributed by atoms with Gasteiger partial charge in [0, 0.05) is 33.4 Å². The van der Waals surface area contributed by atoms with E-state index in [1.807, 2.05) is 0 Å². The maximum Gasteiger partial charge on any atom is 0.256 e. The van der Waals surface area contributed by atoms with Crippen molar-refractivity contribution in [2.45, 2.75) is 6.42 Å². The van der Waals surface area contributed by atoms with Crippen molar-refractivity contribution in [2.75, 3.05) is 27.3 Å². The number of aromatic hydroxyl groups is 1. The molecule has 0 aromatic heterocycles. The normalized spacial score (nSPS) is 10.3. The van der Waals surface area contributed by atoms with Crippen LogP contribution in [0, 0.1) is 5.82 Å². The van der Waals surface area contributed by atoms with Gasteiger partial charge in [0.05, 0.1) is 5.56 Å². The zero-order valence-corrected chi connectivity index (χ0v) is 9.94. The summed E-state index contributed by atoms with van der Waals surface area (Å²) >= 11 is 0. The summed E-state index contributed by atoms with van der Waals surface area (Å²) in [6.07, 6.45) is 0.693. The van der Waals surface area contributed by atoms with Crippen molar-refractivity contribution in [3.05, 3.63) is 29.6 Å². The molecule has 4 nitrogen and oxygen atoms in total. The molecule has 0 saturated heterocycles. The molecule has 0 aliphatic heterocycles. The van der Waals surface area contributed by atoms with Gasteiger partial charge in [-0.25, -0.2) is 4.39 Å². The van der Waals surface area contributed by atoms with Crippen LogP contribution in [-0.2, 0) is 4.74 Å². The Labute approximate surface area is 99.6 Å². The summed E-state index contributed by atoms with van der Waals surface area (Å²) in [6.45, 7) is 1.04. The molecular weight excluding hydrogens is 225 g/mol. The average Bonchev–Trinajstić information content (AvgIpc) is 2.28. The predicted octanol–water partition coefficient (Wildman–Crippen LogP) is 1.64. The summed E-state index contributed by atoms with van der Waals surface area (Å²) in [5.41, 5.74) is -0.0392. The second-order valence-electron chi connectivity index (χ2n) is 3.74. The minimum Gasteiger partial charge on any atom is -0.508 e. The van der Waals surface area contributed by atoms with Crippen molar-refractivity contribution in [1.82, 2.24) is 4.90 Å². The fourth-order valence-electron chi connectivity index (χ4n) is 1.43. The number of carbonyl (C=O) groups excluding carboxylic acids is 1. The summed E-state index contributed by atoms with van der Waals surface area (Å²) in [4.78, 5) is 13.3. The molecule has 0 radical (unpaired) electrons. The molecule has 1 aromatic carbocycles. The Hall–Kier alpha value is -1.62. The zero-order chi connectivity index (χ0) is 12.8. The van der Waals surface area contributed by atoms with Crippen molar-refractivity contribution >= 4 is 5.91 Å². The van der Waals surface area contributed by atoms with Gasteiger partial charge in [0.2, 0.25) is 0 Å². The van der Waals surface area contributed by atoms with Crippen LogP contribution < -0.4 is 0 Å². The number of phenols is 1. The first-order valence-electron chi connectivity index (χ1n) is 5.29. The van der Waals surface area contributed by atoms with Crippen molar-refractivity contribution in [1.29, 1.82) is 0 Å². The Bertz CT molecular complexity index is 395. The van der Waals surface area contributed by atoms with E-state index in [1.54, 1.807) is 14.2 Å². The van der Waals surface area contributed by atoms with Gasteiger partial charge in [-0.2, -0.15) is 0 Å². The van der Waals surface area contributed by atoms with Crippen molar-refractivity contribution in [3.63, 3.8) is 0 Å². The minimum atomic E-state index is -0.714. The predicted molar refractivity (Wildman–Crippen MR) is 61.5 cm³/mol. The first-order valence-corrected chi connectivity index (χ1v) is 5.29. The summed E-state index contributed by atoms with van der Waals surface area (Å²) in [7, 11) is 3.19. The maximum atomic E-state index is 13.4. The van der Waals surface area contributed by atoms with Crippen LogP contribution in [0.3, 0.4) is 0 Å². The number of methoxy groups -OCH3 is 1. The van der Waals surface area contributed by atoms with Crippen molar-refractivity contribution in [2.24, 2.45) is 0 Å². The third-order valence-electron chi connectivity index (χ3n) is 2.37. The fourth-order valence-corrected chi connectivity index (χ4v) is 1.43. The van der Waals surface area contributed by atoms with Gasteiger partial charge < -0.3 is 14.7 Å². The molecule has 1 N–H and O–H groups in total. The van der Waals surface area contributed by atoms with Gasteiger partial charge >= 0.3 is 0 Å². The number of halogens is 1. The van der Waals surface area contributed by atoms with E-state index in [1.165, 1.54) is 17.0 Å². The van der Waals surface area contributed by atoms with Gasteiger partial charge in [0.1, 0.15) is 11.6 Å². The number of hydrogen-bond acceptors (Lipinski definition) is 3. The topological polar surface area (TPSA) is 49.8 Å². The lowest BCUT2D eigenvalue weighted by molar-refractivity contribution is 0.0774. The van der Waals surface area contributed by atoms with Gasteiger partial charge in [-0.3, -0.25) is 4.79 Å². The highest BCUT2D eigenvalue weighted by atomic mass is 19.1. The largest absolute Gasteiger partial charge is 0.508 e. The fraction of sp³-hybridized carbons (Fsp3) is 0.417. The first kappa shape index (κ1) is 13.4. The van der Waals surface area contributed by atoms with E-state index in [-0.39, 0.29) is 11.3 Å². The number of hydrogen-bond donors (Lipinski definition) is 1. The molecule has 0 heterocycles. The molecular formula is C12H16FNO3. The van der Waals surface area contributed by atoms with Gasteiger partial charge in [-0.1, -0.05) is 0 Å². The number of amides is 1. The molecule has 0 bridgehead atoms. The van der Waals surface area contributed by atoms with Gasteiger partial charge in [-0.05, 0) is 18.6 Å². The summed E-state index contributed by atoms with van der Waals surface area (Å²) in [6, 6.07) is 3.50. The van der Waals surface area contributed by atoms with Crippen LogP contribution >= 0.6 is 0 Å². The lowest BCUT2D eigenvalue weighted by Gasteiger charge is -2.17. The lowest BCUT2D eigenvalue weighted by Crippen LogP contribution is -2.29. The number of ether oxygens (including phenoxy) is 1. The number of nitrogens with zero attached hydrogens (tertiary/aromatic N) is 1. The summed E-state index contributed by atoms with van der Waals surface area (Å²) < 4.78 is 18.3. The van der Waals surface area contributed by atoms with Crippen LogP contribution in [0.2, 0.25) is 0 Å². The molecule has 0 atom stereocenters. The van der Waals surface area contributed by atoms with Gasteiger partial charge in [0.15, 0.2) is 0 Å². The molecule has 5 heteroatoms. The molecule has 17 heavy (non-hydrogen) atoms. The highest BCUT2D eigenvalue weighted by molar-refractivity contribution is 5.94. The van der Waals surface area contributed by atoms with E-state index in [9.17, 15) is 9.18 Å². The molecule has 0 saturated carbocycles. The van der Waals surface area contributed by atoms with E-state index in [4.69, 9.17) is 9.84 Å². The third-order valence-corrected chi connectivity index (χ3v) is 2.37. The van der Waals surface area contributed by atoms with Crippen LogP contribution in [0.5, 0.6) is 5.75 Å². The molecule has 1 amide bonds. The second-order valence-corrected chi connectivity index (χ2v) is 3.74. The Morgan fingerprint density at radius 3 is 2.82 bits per heavy atom. The maximum absolute atomic E-state index is 13.4. The van der Waals surface area contributed by atoms with Gasteiger partial charge in [0.25, 0.3) is 5.91 Å². The Morgan fingerprint density at radius 2 is 2.24 bits per heavy atom. The number of carbonyl (C=O) groups is 1. The molecule has 1 rings (SSSR count). The molecule has 94 valence electrons. The Balaban J connectivity index is 2.68. The second kappa shape index (κ2) is 6.20. The SMILES string of the molecule is COCCCN(C)C(=O)c1ccc(O)cc1F. The molecule has 0 unspecified atom stereocenters. The van der Waals surface area contributed by atoms with Crippen LogP contribution in [0.1, 0.15) is 16.8 Å².